The van der Waals surface area contributed by atoms with Crippen molar-refractivity contribution in [1.29, 1.82) is 0 Å². The fourth-order valence-corrected chi connectivity index (χ4v) is 2.25. The number of hydrogen-bond donors (Lipinski definition) is 0. The second-order valence-corrected chi connectivity index (χ2v) is 5.72. The molecule has 0 aromatic heterocycles. The van der Waals surface area contributed by atoms with Crippen molar-refractivity contribution >= 4 is 15.9 Å². The van der Waals surface area contributed by atoms with Crippen LogP contribution in [0.5, 0.6) is 0 Å². The third kappa shape index (κ3) is 3.98. The lowest BCUT2D eigenvalue weighted by Gasteiger charge is -2.16. The molecule has 0 N–H and O–H groups in total. The number of alkyl halides is 4. The topological polar surface area (TPSA) is 0 Å². The van der Waals surface area contributed by atoms with Gasteiger partial charge in [-0.3, -0.25) is 0 Å². The lowest BCUT2D eigenvalue weighted by Crippen LogP contribution is -2.10. The molecule has 0 bridgehead atoms. The fourth-order valence-electron chi connectivity index (χ4n) is 1.69. The maximum Gasteiger partial charge on any atom is 0.419 e. The summed E-state index contributed by atoms with van der Waals surface area (Å²) < 4.78 is 50.6. The standard InChI is InChI=1S/C12H13BrF4/c1-7(5-8(2)13)9-3-4-11(14)10(6-9)12(15,16)17/h3-4,6-8H,5H2,1-2H3. The van der Waals surface area contributed by atoms with E-state index in [1.54, 1.807) is 0 Å². The third-order valence-corrected chi connectivity index (χ3v) is 2.92. The largest absolute Gasteiger partial charge is 0.419 e. The molecule has 1 aromatic carbocycles. The van der Waals surface area contributed by atoms with Crippen LogP contribution in [-0.2, 0) is 6.18 Å². The molecule has 2 atom stereocenters. The van der Waals surface area contributed by atoms with Gasteiger partial charge in [0.2, 0.25) is 0 Å². The van der Waals surface area contributed by atoms with Gasteiger partial charge in [-0.05, 0) is 30.0 Å². The van der Waals surface area contributed by atoms with E-state index in [1.807, 2.05) is 13.8 Å². The van der Waals surface area contributed by atoms with Gasteiger partial charge in [0.1, 0.15) is 5.82 Å². The summed E-state index contributed by atoms with van der Waals surface area (Å²) >= 11 is 3.35. The highest BCUT2D eigenvalue weighted by Gasteiger charge is 2.34. The van der Waals surface area contributed by atoms with E-state index in [4.69, 9.17) is 0 Å². The molecule has 0 radical (unpaired) electrons. The summed E-state index contributed by atoms with van der Waals surface area (Å²) in [6, 6.07) is 3.19. The van der Waals surface area contributed by atoms with Crippen molar-refractivity contribution in [2.75, 3.05) is 0 Å². The van der Waals surface area contributed by atoms with E-state index in [1.165, 1.54) is 6.07 Å². The Morgan fingerprint density at radius 2 is 1.82 bits per heavy atom. The number of benzene rings is 1. The number of halogens is 5. The van der Waals surface area contributed by atoms with Gasteiger partial charge >= 0.3 is 6.18 Å². The first-order valence-electron chi connectivity index (χ1n) is 5.22. The summed E-state index contributed by atoms with van der Waals surface area (Å²) in [6.45, 7) is 3.75. The van der Waals surface area contributed by atoms with Gasteiger partial charge in [-0.2, -0.15) is 13.2 Å². The second-order valence-electron chi connectivity index (χ2n) is 4.15. The minimum atomic E-state index is -4.64. The van der Waals surface area contributed by atoms with E-state index in [0.717, 1.165) is 12.1 Å². The van der Waals surface area contributed by atoms with Crippen molar-refractivity contribution in [2.45, 2.75) is 37.2 Å². The summed E-state index contributed by atoms with van der Waals surface area (Å²) in [4.78, 5) is 0.205. The molecule has 96 valence electrons. The first-order chi connectivity index (χ1) is 7.71. The van der Waals surface area contributed by atoms with Crippen LogP contribution in [0.3, 0.4) is 0 Å². The van der Waals surface area contributed by atoms with Crippen LogP contribution in [0, 0.1) is 5.82 Å². The zero-order valence-corrected chi connectivity index (χ0v) is 11.1. The maximum absolute atomic E-state index is 13.1. The summed E-state index contributed by atoms with van der Waals surface area (Å²) in [7, 11) is 0. The molecular weight excluding hydrogens is 300 g/mol. The summed E-state index contributed by atoms with van der Waals surface area (Å²) in [5.41, 5.74) is -0.686. The minimum absolute atomic E-state index is 0.0499. The SMILES string of the molecule is CC(Br)CC(C)c1ccc(F)c(C(F)(F)F)c1. The summed E-state index contributed by atoms with van der Waals surface area (Å²) in [5, 5.41) is 0. The monoisotopic (exact) mass is 312 g/mol. The number of hydrogen-bond acceptors (Lipinski definition) is 0. The average molecular weight is 313 g/mol. The van der Waals surface area contributed by atoms with Crippen molar-refractivity contribution in [3.05, 3.63) is 35.1 Å². The average Bonchev–Trinajstić information content (AvgIpc) is 2.15. The zero-order chi connectivity index (χ0) is 13.2. The maximum atomic E-state index is 13.1. The Labute approximate surface area is 106 Å². The Hall–Kier alpha value is -0.580. The fraction of sp³-hybridized carbons (Fsp3) is 0.500. The lowest BCUT2D eigenvalue weighted by molar-refractivity contribution is -0.140. The quantitative estimate of drug-likeness (QED) is 0.536. The van der Waals surface area contributed by atoms with Crippen LogP contribution >= 0.6 is 15.9 Å². The predicted molar refractivity (Wildman–Crippen MR) is 62.8 cm³/mol. The molecule has 0 nitrogen and oxygen atoms in total. The van der Waals surface area contributed by atoms with Crippen molar-refractivity contribution < 1.29 is 17.6 Å². The van der Waals surface area contributed by atoms with Crippen molar-refractivity contribution in [3.8, 4) is 0 Å². The Balaban J connectivity index is 3.04. The lowest BCUT2D eigenvalue weighted by atomic mass is 9.95. The highest BCUT2D eigenvalue weighted by Crippen LogP contribution is 2.34. The molecule has 0 saturated carbocycles. The van der Waals surface area contributed by atoms with E-state index in [2.05, 4.69) is 15.9 Å². The Morgan fingerprint density at radius 3 is 2.29 bits per heavy atom. The first kappa shape index (κ1) is 14.5. The van der Waals surface area contributed by atoms with Crippen LogP contribution in [0.25, 0.3) is 0 Å². The van der Waals surface area contributed by atoms with Crippen LogP contribution < -0.4 is 0 Å². The molecule has 0 spiro atoms. The van der Waals surface area contributed by atoms with Crippen LogP contribution in [0.4, 0.5) is 17.6 Å². The van der Waals surface area contributed by atoms with E-state index in [9.17, 15) is 17.6 Å². The predicted octanol–water partition coefficient (Wildman–Crippen LogP) is 5.12. The molecule has 0 amide bonds. The Kier molecular flexibility index (Phi) is 4.58. The first-order valence-corrected chi connectivity index (χ1v) is 6.14. The zero-order valence-electron chi connectivity index (χ0n) is 9.48. The molecular formula is C12H13BrF4. The molecule has 0 aliphatic carbocycles. The van der Waals surface area contributed by atoms with Gasteiger partial charge < -0.3 is 0 Å². The van der Waals surface area contributed by atoms with E-state index in [-0.39, 0.29) is 10.7 Å². The molecule has 17 heavy (non-hydrogen) atoms. The van der Waals surface area contributed by atoms with Gasteiger partial charge in [0.25, 0.3) is 0 Å². The van der Waals surface area contributed by atoms with Gasteiger partial charge in [0, 0.05) is 4.83 Å². The molecule has 1 rings (SSSR count). The smallest absolute Gasteiger partial charge is 0.206 e. The van der Waals surface area contributed by atoms with Crippen LogP contribution in [-0.4, -0.2) is 4.83 Å². The van der Waals surface area contributed by atoms with Crippen molar-refractivity contribution in [2.24, 2.45) is 0 Å². The molecule has 5 heteroatoms. The normalized spacial score (nSPS) is 15.7. The van der Waals surface area contributed by atoms with E-state index < -0.39 is 17.6 Å². The van der Waals surface area contributed by atoms with E-state index in [0.29, 0.717) is 12.0 Å². The van der Waals surface area contributed by atoms with Gasteiger partial charge in [0.05, 0.1) is 5.56 Å². The summed E-state index contributed by atoms with van der Waals surface area (Å²) in [6.07, 6.45) is -3.94. The molecule has 0 saturated heterocycles. The van der Waals surface area contributed by atoms with E-state index >= 15 is 0 Å². The molecule has 2 unspecified atom stereocenters. The molecule has 0 aliphatic rings. The Bertz CT molecular complexity index is 385. The van der Waals surface area contributed by atoms with Crippen LogP contribution in [0.1, 0.15) is 37.3 Å². The molecule has 0 aliphatic heterocycles. The van der Waals surface area contributed by atoms with Crippen LogP contribution in [0.15, 0.2) is 18.2 Å². The van der Waals surface area contributed by atoms with Gasteiger partial charge in [-0.15, -0.1) is 0 Å². The van der Waals surface area contributed by atoms with Gasteiger partial charge in [-0.25, -0.2) is 4.39 Å². The minimum Gasteiger partial charge on any atom is -0.206 e. The van der Waals surface area contributed by atoms with Crippen LogP contribution in [0.2, 0.25) is 0 Å². The highest BCUT2D eigenvalue weighted by atomic mass is 79.9. The highest BCUT2D eigenvalue weighted by molar-refractivity contribution is 9.09. The molecule has 0 heterocycles. The summed E-state index contributed by atoms with van der Waals surface area (Å²) in [5.74, 6) is -1.27. The van der Waals surface area contributed by atoms with Gasteiger partial charge in [-0.1, -0.05) is 35.8 Å². The van der Waals surface area contributed by atoms with Crippen molar-refractivity contribution in [3.63, 3.8) is 0 Å². The second kappa shape index (κ2) is 5.38. The number of rotatable bonds is 3. The molecule has 0 fully saturated rings. The van der Waals surface area contributed by atoms with Gasteiger partial charge in [0.15, 0.2) is 0 Å². The Morgan fingerprint density at radius 1 is 1.24 bits per heavy atom. The van der Waals surface area contributed by atoms with Crippen molar-refractivity contribution in [1.82, 2.24) is 0 Å². The third-order valence-electron chi connectivity index (χ3n) is 2.54. The molecule has 1 aromatic rings.